The summed E-state index contributed by atoms with van der Waals surface area (Å²) < 4.78 is 29.7. The Hall–Kier alpha value is -1.45. The van der Waals surface area contributed by atoms with Crippen molar-refractivity contribution in [2.24, 2.45) is 0 Å². The number of benzene rings is 2. The third-order valence-electron chi connectivity index (χ3n) is 3.35. The van der Waals surface area contributed by atoms with Gasteiger partial charge in [0.05, 0.1) is 18.8 Å². The highest BCUT2D eigenvalue weighted by atomic mass is 31.2. The molecule has 0 radical (unpaired) electrons. The third kappa shape index (κ3) is 7.98. The van der Waals surface area contributed by atoms with Crippen LogP contribution in [-0.2, 0) is 31.0 Å². The van der Waals surface area contributed by atoms with Crippen molar-refractivity contribution in [2.75, 3.05) is 13.2 Å². The lowest BCUT2D eigenvalue weighted by atomic mass is 10.2. The Balaban J connectivity index is 1.89. The van der Waals surface area contributed by atoms with E-state index in [4.69, 9.17) is 13.6 Å². The lowest BCUT2D eigenvalue weighted by Gasteiger charge is -2.26. The van der Waals surface area contributed by atoms with Crippen LogP contribution >= 0.6 is 7.82 Å². The minimum atomic E-state index is -3.61. The summed E-state index contributed by atoms with van der Waals surface area (Å²) in [5.41, 5.74) is 1.62. The van der Waals surface area contributed by atoms with Crippen molar-refractivity contribution in [3.8, 4) is 0 Å². The Labute approximate surface area is 150 Å². The lowest BCUT2D eigenvalue weighted by Crippen LogP contribution is -2.20. The summed E-state index contributed by atoms with van der Waals surface area (Å²) in [6.45, 7) is 6.06. The fourth-order valence-corrected chi connectivity index (χ4v) is 3.75. The topological polar surface area (TPSA) is 44.8 Å². The molecular formula is C20H27O4P. The maximum atomic E-state index is 12.9. The van der Waals surface area contributed by atoms with Crippen LogP contribution in [0.1, 0.15) is 31.9 Å². The van der Waals surface area contributed by atoms with E-state index in [1.165, 1.54) is 0 Å². The normalized spacial score (nSPS) is 12.3. The van der Waals surface area contributed by atoms with E-state index >= 15 is 0 Å². The molecule has 25 heavy (non-hydrogen) atoms. The van der Waals surface area contributed by atoms with Crippen LogP contribution in [0, 0.1) is 0 Å². The molecule has 0 heterocycles. The molecule has 2 rings (SSSR count). The van der Waals surface area contributed by atoms with Crippen LogP contribution < -0.4 is 0 Å². The van der Waals surface area contributed by atoms with E-state index in [1.807, 2.05) is 81.4 Å². The molecule has 0 amide bonds. The maximum absolute atomic E-state index is 12.9. The van der Waals surface area contributed by atoms with E-state index in [0.29, 0.717) is 12.8 Å². The van der Waals surface area contributed by atoms with E-state index in [9.17, 15) is 4.57 Å². The standard InChI is InChI=1S/C20H27O4P/c1-20(2,3)24-25(21,22-16-14-18-10-6-4-7-11-18)23-17-15-19-12-8-5-9-13-19/h4-13H,14-17H2,1-3H3. The first-order chi connectivity index (χ1) is 11.9. The first-order valence-electron chi connectivity index (χ1n) is 8.54. The second-order valence-corrected chi connectivity index (χ2v) is 8.38. The molecule has 0 fully saturated rings. The number of rotatable bonds is 9. The summed E-state index contributed by atoms with van der Waals surface area (Å²) in [6.07, 6.45) is 1.31. The molecule has 0 aliphatic carbocycles. The number of phosphoric acid groups is 1. The molecule has 136 valence electrons. The molecule has 0 bridgehead atoms. The molecule has 0 unspecified atom stereocenters. The van der Waals surface area contributed by atoms with Crippen LogP contribution in [0.4, 0.5) is 0 Å². The molecular weight excluding hydrogens is 335 g/mol. The van der Waals surface area contributed by atoms with Gasteiger partial charge in [-0.25, -0.2) is 4.57 Å². The smallest absolute Gasteiger partial charge is 0.287 e. The highest BCUT2D eigenvalue weighted by molar-refractivity contribution is 7.48. The fourth-order valence-electron chi connectivity index (χ4n) is 2.27. The van der Waals surface area contributed by atoms with Gasteiger partial charge in [-0.1, -0.05) is 60.7 Å². The van der Waals surface area contributed by atoms with Crippen molar-refractivity contribution in [3.63, 3.8) is 0 Å². The van der Waals surface area contributed by atoms with Crippen molar-refractivity contribution < 1.29 is 18.1 Å². The van der Waals surface area contributed by atoms with Crippen molar-refractivity contribution in [2.45, 2.75) is 39.2 Å². The summed E-state index contributed by atoms with van der Waals surface area (Å²) in [7, 11) is -3.61. The molecule has 2 aromatic carbocycles. The molecule has 0 N–H and O–H groups in total. The first kappa shape index (κ1) is 19.9. The summed E-state index contributed by atoms with van der Waals surface area (Å²) in [6, 6.07) is 19.8. The zero-order valence-electron chi connectivity index (χ0n) is 15.2. The van der Waals surface area contributed by atoms with Gasteiger partial charge in [-0.05, 0) is 44.7 Å². The Morgan fingerprint density at radius 1 is 0.760 bits per heavy atom. The second kappa shape index (κ2) is 9.30. The fraction of sp³-hybridized carbons (Fsp3) is 0.400. The molecule has 2 aromatic rings. The van der Waals surface area contributed by atoms with Gasteiger partial charge in [0.2, 0.25) is 0 Å². The largest absolute Gasteiger partial charge is 0.475 e. The predicted octanol–water partition coefficient (Wildman–Crippen LogP) is 5.43. The van der Waals surface area contributed by atoms with Gasteiger partial charge in [0.1, 0.15) is 0 Å². The van der Waals surface area contributed by atoms with Crippen LogP contribution in [0.2, 0.25) is 0 Å². The highest BCUT2D eigenvalue weighted by Crippen LogP contribution is 2.52. The molecule has 0 aliphatic heterocycles. The van der Waals surface area contributed by atoms with Crippen LogP contribution in [0.15, 0.2) is 60.7 Å². The van der Waals surface area contributed by atoms with Gasteiger partial charge >= 0.3 is 7.82 Å². The van der Waals surface area contributed by atoms with Gasteiger partial charge in [0, 0.05) is 0 Å². The number of hydrogen-bond donors (Lipinski definition) is 0. The molecule has 0 saturated carbocycles. The Bertz CT molecular complexity index is 616. The quantitative estimate of drug-likeness (QED) is 0.558. The Kier molecular flexibility index (Phi) is 7.39. The van der Waals surface area contributed by atoms with Gasteiger partial charge in [0.25, 0.3) is 0 Å². The zero-order valence-corrected chi connectivity index (χ0v) is 16.1. The van der Waals surface area contributed by atoms with Gasteiger partial charge in [-0.3, -0.25) is 13.6 Å². The number of phosphoric ester groups is 1. The summed E-state index contributed by atoms with van der Waals surface area (Å²) in [4.78, 5) is 0. The highest BCUT2D eigenvalue weighted by Gasteiger charge is 2.32. The molecule has 0 atom stereocenters. The minimum Gasteiger partial charge on any atom is -0.287 e. The van der Waals surface area contributed by atoms with Crippen LogP contribution in [0.3, 0.4) is 0 Å². The average Bonchev–Trinajstić information content (AvgIpc) is 2.55. The molecule has 4 nitrogen and oxygen atoms in total. The van der Waals surface area contributed by atoms with Crippen LogP contribution in [0.5, 0.6) is 0 Å². The molecule has 0 spiro atoms. The third-order valence-corrected chi connectivity index (χ3v) is 5.12. The first-order valence-corrected chi connectivity index (χ1v) is 10.0. The number of hydrogen-bond acceptors (Lipinski definition) is 4. The predicted molar refractivity (Wildman–Crippen MR) is 101 cm³/mol. The van der Waals surface area contributed by atoms with Gasteiger partial charge < -0.3 is 0 Å². The van der Waals surface area contributed by atoms with Crippen molar-refractivity contribution in [1.82, 2.24) is 0 Å². The molecule has 5 heteroatoms. The maximum Gasteiger partial charge on any atom is 0.475 e. The Morgan fingerprint density at radius 3 is 1.52 bits per heavy atom. The van der Waals surface area contributed by atoms with Crippen LogP contribution in [-0.4, -0.2) is 18.8 Å². The van der Waals surface area contributed by atoms with Crippen molar-refractivity contribution in [3.05, 3.63) is 71.8 Å². The van der Waals surface area contributed by atoms with E-state index in [2.05, 4.69) is 0 Å². The van der Waals surface area contributed by atoms with Crippen LogP contribution in [0.25, 0.3) is 0 Å². The molecule has 0 saturated heterocycles. The summed E-state index contributed by atoms with van der Waals surface area (Å²) in [5.74, 6) is 0. The minimum absolute atomic E-state index is 0.280. The van der Waals surface area contributed by atoms with Gasteiger partial charge in [-0.15, -0.1) is 0 Å². The monoisotopic (exact) mass is 362 g/mol. The average molecular weight is 362 g/mol. The Morgan fingerprint density at radius 2 is 1.16 bits per heavy atom. The van der Waals surface area contributed by atoms with Gasteiger partial charge in [-0.2, -0.15) is 0 Å². The lowest BCUT2D eigenvalue weighted by molar-refractivity contribution is 0.0438. The van der Waals surface area contributed by atoms with Crippen molar-refractivity contribution in [1.29, 1.82) is 0 Å². The summed E-state index contributed by atoms with van der Waals surface area (Å²) in [5, 5.41) is 0. The molecule has 0 aliphatic rings. The summed E-state index contributed by atoms with van der Waals surface area (Å²) >= 11 is 0. The zero-order chi connectivity index (χ0) is 18.2. The van der Waals surface area contributed by atoms with E-state index in [1.54, 1.807) is 0 Å². The second-order valence-electron chi connectivity index (χ2n) is 6.79. The van der Waals surface area contributed by atoms with E-state index in [-0.39, 0.29) is 13.2 Å². The van der Waals surface area contributed by atoms with E-state index in [0.717, 1.165) is 11.1 Å². The molecule has 0 aromatic heterocycles. The van der Waals surface area contributed by atoms with E-state index < -0.39 is 13.4 Å². The van der Waals surface area contributed by atoms with Gasteiger partial charge in [0.15, 0.2) is 0 Å². The SMILES string of the molecule is CC(C)(C)OP(=O)(OCCc1ccccc1)OCCc1ccccc1. The van der Waals surface area contributed by atoms with Crippen molar-refractivity contribution >= 4 is 7.82 Å².